The van der Waals surface area contributed by atoms with Crippen LogP contribution in [0.5, 0.6) is 0 Å². The molecule has 0 saturated heterocycles. The van der Waals surface area contributed by atoms with Crippen molar-refractivity contribution in [2.75, 3.05) is 0 Å². The van der Waals surface area contributed by atoms with Crippen LogP contribution >= 0.6 is 12.2 Å². The van der Waals surface area contributed by atoms with Crippen LogP contribution in [0.15, 0.2) is 30.7 Å². The molecule has 0 atom stereocenters. The minimum absolute atomic E-state index is 0.635. The molecule has 80 valence electrons. The molecule has 0 bridgehead atoms. The van der Waals surface area contributed by atoms with E-state index in [2.05, 4.69) is 27.1 Å². The number of fused-ring (bicyclic) bond motifs is 1. The maximum Gasteiger partial charge on any atom is 0.174 e. The summed E-state index contributed by atoms with van der Waals surface area (Å²) in [5.74, 6) is 0. The molecule has 0 aliphatic heterocycles. The molecule has 3 aromatic rings. The van der Waals surface area contributed by atoms with Crippen LogP contribution in [-0.2, 0) is 7.05 Å². The van der Waals surface area contributed by atoms with Crippen LogP contribution in [0.25, 0.3) is 22.3 Å². The summed E-state index contributed by atoms with van der Waals surface area (Å²) in [6, 6.07) is 6.16. The third-order valence-corrected chi connectivity index (χ3v) is 2.85. The Bertz CT molecular complexity index is 704. The van der Waals surface area contributed by atoms with Crippen molar-refractivity contribution >= 4 is 23.3 Å². The molecule has 2 heterocycles. The molecule has 2 aromatic heterocycles. The molecule has 3 rings (SSSR count). The lowest BCUT2D eigenvalue weighted by molar-refractivity contribution is 0.948. The number of hydrogen-bond donors (Lipinski definition) is 2. The molecule has 0 spiro atoms. The van der Waals surface area contributed by atoms with Gasteiger partial charge < -0.3 is 14.5 Å². The summed E-state index contributed by atoms with van der Waals surface area (Å²) < 4.78 is 2.63. The molecule has 0 radical (unpaired) electrons. The van der Waals surface area contributed by atoms with Crippen LogP contribution in [0.3, 0.4) is 0 Å². The minimum atomic E-state index is 0.635. The normalized spacial score (nSPS) is 11.1. The van der Waals surface area contributed by atoms with Gasteiger partial charge in [-0.3, -0.25) is 0 Å². The zero-order valence-corrected chi connectivity index (χ0v) is 9.51. The molecule has 0 fully saturated rings. The first kappa shape index (κ1) is 9.35. The number of H-pyrrole nitrogens is 2. The number of benzene rings is 1. The zero-order chi connectivity index (χ0) is 11.1. The van der Waals surface area contributed by atoms with Crippen molar-refractivity contribution in [3.8, 4) is 11.3 Å². The van der Waals surface area contributed by atoms with Gasteiger partial charge in [0.2, 0.25) is 0 Å². The smallest absolute Gasteiger partial charge is 0.174 e. The second-order valence-corrected chi connectivity index (χ2v) is 4.12. The molecule has 0 aliphatic carbocycles. The lowest BCUT2D eigenvalue weighted by atomic mass is 10.1. The number of hydrogen-bond acceptors (Lipinski definition) is 2. The van der Waals surface area contributed by atoms with Gasteiger partial charge in [0.25, 0.3) is 0 Å². The Labute approximate surface area is 97.0 Å². The fourth-order valence-electron chi connectivity index (χ4n) is 1.79. The summed E-state index contributed by atoms with van der Waals surface area (Å²) in [7, 11) is 1.98. The molecule has 0 saturated carbocycles. The fourth-order valence-corrected chi connectivity index (χ4v) is 1.96. The highest BCUT2D eigenvalue weighted by Gasteiger charge is 2.03. The van der Waals surface area contributed by atoms with Crippen LogP contribution < -0.4 is 0 Å². The third kappa shape index (κ3) is 1.37. The highest BCUT2D eigenvalue weighted by molar-refractivity contribution is 7.71. The highest BCUT2D eigenvalue weighted by atomic mass is 32.1. The van der Waals surface area contributed by atoms with E-state index < -0.39 is 0 Å². The van der Waals surface area contributed by atoms with Gasteiger partial charge in [-0.15, -0.1) is 0 Å². The van der Waals surface area contributed by atoms with E-state index in [9.17, 15) is 0 Å². The Balaban J connectivity index is 2.22. The van der Waals surface area contributed by atoms with Gasteiger partial charge in [0.1, 0.15) is 0 Å². The SMILES string of the molecule is Cn1cnc2cc(-c3c[nH]c(=S)[nH]3)ccc21. The first-order valence-electron chi connectivity index (χ1n) is 4.93. The maximum absolute atomic E-state index is 5.00. The van der Waals surface area contributed by atoms with Crippen LogP contribution in [0.2, 0.25) is 0 Å². The van der Waals surface area contributed by atoms with Crippen molar-refractivity contribution in [1.82, 2.24) is 19.5 Å². The number of aryl methyl sites for hydroxylation is 1. The van der Waals surface area contributed by atoms with E-state index in [4.69, 9.17) is 12.2 Å². The first-order chi connectivity index (χ1) is 7.74. The Hall–Kier alpha value is -1.88. The van der Waals surface area contributed by atoms with Crippen molar-refractivity contribution < 1.29 is 0 Å². The molecule has 2 N–H and O–H groups in total. The lowest BCUT2D eigenvalue weighted by Crippen LogP contribution is -1.83. The molecule has 16 heavy (non-hydrogen) atoms. The number of aromatic amines is 2. The van der Waals surface area contributed by atoms with Gasteiger partial charge in [-0.25, -0.2) is 4.98 Å². The minimum Gasteiger partial charge on any atom is -0.337 e. The Morgan fingerprint density at radius 3 is 3.00 bits per heavy atom. The largest absolute Gasteiger partial charge is 0.337 e. The summed E-state index contributed by atoms with van der Waals surface area (Å²) in [4.78, 5) is 10.4. The summed E-state index contributed by atoms with van der Waals surface area (Å²) >= 11 is 5.00. The molecular weight excluding hydrogens is 220 g/mol. The van der Waals surface area contributed by atoms with E-state index in [1.807, 2.05) is 30.2 Å². The van der Waals surface area contributed by atoms with E-state index >= 15 is 0 Å². The van der Waals surface area contributed by atoms with E-state index in [0.29, 0.717) is 4.77 Å². The van der Waals surface area contributed by atoms with Gasteiger partial charge in [-0.05, 0) is 24.4 Å². The predicted octanol–water partition coefficient (Wildman–Crippen LogP) is 2.63. The van der Waals surface area contributed by atoms with Gasteiger partial charge in [0, 0.05) is 18.8 Å². The predicted molar refractivity (Wildman–Crippen MR) is 65.7 cm³/mol. The zero-order valence-electron chi connectivity index (χ0n) is 8.69. The van der Waals surface area contributed by atoms with E-state index in [-0.39, 0.29) is 0 Å². The van der Waals surface area contributed by atoms with Gasteiger partial charge in [-0.1, -0.05) is 6.07 Å². The number of imidazole rings is 2. The molecular formula is C11H10N4S. The topological polar surface area (TPSA) is 49.4 Å². The summed E-state index contributed by atoms with van der Waals surface area (Å²) in [5, 5.41) is 0. The van der Waals surface area contributed by atoms with E-state index in [1.54, 1.807) is 0 Å². The van der Waals surface area contributed by atoms with Crippen LogP contribution in [0.1, 0.15) is 0 Å². The van der Waals surface area contributed by atoms with Crippen molar-refractivity contribution in [1.29, 1.82) is 0 Å². The Morgan fingerprint density at radius 2 is 2.25 bits per heavy atom. The van der Waals surface area contributed by atoms with Gasteiger partial charge in [0.15, 0.2) is 4.77 Å². The molecule has 5 heteroatoms. The van der Waals surface area contributed by atoms with Crippen molar-refractivity contribution in [2.45, 2.75) is 0 Å². The lowest BCUT2D eigenvalue weighted by Gasteiger charge is -1.98. The quantitative estimate of drug-likeness (QED) is 0.631. The molecule has 0 amide bonds. The number of nitrogens with zero attached hydrogens (tertiary/aromatic N) is 2. The Kier molecular flexibility index (Phi) is 1.94. The van der Waals surface area contributed by atoms with Crippen molar-refractivity contribution in [3.63, 3.8) is 0 Å². The second kappa shape index (κ2) is 3.31. The third-order valence-electron chi connectivity index (χ3n) is 2.63. The van der Waals surface area contributed by atoms with Crippen molar-refractivity contribution in [2.24, 2.45) is 7.05 Å². The summed E-state index contributed by atoms with van der Waals surface area (Å²) in [6.45, 7) is 0. The standard InChI is InChI=1S/C11H10N4S/c1-15-6-13-8-4-7(2-3-10(8)15)9-5-12-11(16)14-9/h2-6H,1H3,(H2,12,14,16). The van der Waals surface area contributed by atoms with E-state index in [1.165, 1.54) is 0 Å². The highest BCUT2D eigenvalue weighted by Crippen LogP contribution is 2.21. The van der Waals surface area contributed by atoms with Gasteiger partial charge in [0.05, 0.1) is 23.1 Å². The number of aromatic nitrogens is 4. The average Bonchev–Trinajstić information content (AvgIpc) is 2.86. The maximum atomic E-state index is 5.00. The summed E-state index contributed by atoms with van der Waals surface area (Å²) in [5.41, 5.74) is 4.18. The number of rotatable bonds is 1. The van der Waals surface area contributed by atoms with E-state index in [0.717, 1.165) is 22.3 Å². The molecule has 1 aromatic carbocycles. The van der Waals surface area contributed by atoms with Crippen LogP contribution in [0, 0.1) is 4.77 Å². The Morgan fingerprint density at radius 1 is 1.38 bits per heavy atom. The molecule has 0 aliphatic rings. The monoisotopic (exact) mass is 230 g/mol. The first-order valence-corrected chi connectivity index (χ1v) is 5.34. The van der Waals surface area contributed by atoms with Crippen LogP contribution in [0.4, 0.5) is 0 Å². The van der Waals surface area contributed by atoms with Gasteiger partial charge >= 0.3 is 0 Å². The van der Waals surface area contributed by atoms with Crippen LogP contribution in [-0.4, -0.2) is 19.5 Å². The second-order valence-electron chi connectivity index (χ2n) is 3.72. The fraction of sp³-hybridized carbons (Fsp3) is 0.0909. The van der Waals surface area contributed by atoms with Gasteiger partial charge in [-0.2, -0.15) is 0 Å². The summed E-state index contributed by atoms with van der Waals surface area (Å²) in [6.07, 6.45) is 3.68. The molecule has 0 unspecified atom stereocenters. The van der Waals surface area contributed by atoms with Crippen molar-refractivity contribution in [3.05, 3.63) is 35.5 Å². The average molecular weight is 230 g/mol. The molecule has 4 nitrogen and oxygen atoms in total. The number of nitrogens with one attached hydrogen (secondary N) is 2.